The maximum absolute atomic E-state index is 12.1. The molecule has 6 nitrogen and oxygen atoms in total. The fraction of sp³-hybridized carbons (Fsp3) is 0.0909. The van der Waals surface area contributed by atoms with Crippen molar-refractivity contribution in [2.75, 3.05) is 17.1 Å². The number of pyridine rings is 2. The Morgan fingerprint density at radius 2 is 1.83 bits per heavy atom. The Morgan fingerprint density at radius 1 is 1.11 bits per heavy atom. The average Bonchev–Trinajstić information content (AvgIpc) is 2.39. The smallest absolute Gasteiger partial charge is 0.281 e. The topological polar surface area (TPSA) is 84.0 Å². The van der Waals surface area contributed by atoms with Crippen molar-refractivity contribution in [3.8, 4) is 0 Å². The molecule has 0 bridgehead atoms. The second kappa shape index (κ2) is 5.01. The van der Waals surface area contributed by atoms with Gasteiger partial charge in [-0.05, 0) is 24.3 Å². The molecule has 0 amide bonds. The minimum atomic E-state index is -3.71. The third kappa shape index (κ3) is 2.57. The van der Waals surface area contributed by atoms with Crippen LogP contribution in [0.4, 0.5) is 11.4 Å². The molecule has 0 spiro atoms. The molecule has 0 aliphatic carbocycles. The lowest BCUT2D eigenvalue weighted by Crippen LogP contribution is -2.16. The molecule has 18 heavy (non-hydrogen) atoms. The van der Waals surface area contributed by atoms with Gasteiger partial charge in [0, 0.05) is 25.6 Å². The molecule has 0 aliphatic rings. The number of rotatable bonds is 4. The third-order valence-corrected chi connectivity index (χ3v) is 3.57. The van der Waals surface area contributed by atoms with Crippen molar-refractivity contribution < 1.29 is 8.42 Å². The van der Waals surface area contributed by atoms with Gasteiger partial charge in [0.2, 0.25) is 0 Å². The lowest BCUT2D eigenvalue weighted by molar-refractivity contribution is 0.598. The average molecular weight is 264 g/mol. The number of nitrogens with zero attached hydrogens (tertiary/aromatic N) is 2. The van der Waals surface area contributed by atoms with Crippen molar-refractivity contribution in [1.29, 1.82) is 0 Å². The Bertz CT molecular complexity index is 629. The third-order valence-electron chi connectivity index (χ3n) is 2.23. The molecule has 2 rings (SSSR count). The van der Waals surface area contributed by atoms with Gasteiger partial charge in [0.1, 0.15) is 0 Å². The van der Waals surface area contributed by atoms with Crippen LogP contribution in [0.25, 0.3) is 0 Å². The first-order valence-electron chi connectivity index (χ1n) is 5.19. The van der Waals surface area contributed by atoms with Crippen LogP contribution in [-0.2, 0) is 10.0 Å². The molecule has 0 saturated heterocycles. The summed E-state index contributed by atoms with van der Waals surface area (Å²) in [4.78, 5) is 7.71. The maximum Gasteiger partial charge on any atom is 0.281 e. The largest absolute Gasteiger partial charge is 0.386 e. The first kappa shape index (κ1) is 12.3. The van der Waals surface area contributed by atoms with E-state index in [1.165, 1.54) is 18.6 Å². The Hall–Kier alpha value is -2.15. The van der Waals surface area contributed by atoms with Gasteiger partial charge in [0.15, 0.2) is 5.03 Å². The summed E-state index contributed by atoms with van der Waals surface area (Å²) in [7, 11) is -2.07. The van der Waals surface area contributed by atoms with Crippen LogP contribution < -0.4 is 10.0 Å². The zero-order chi connectivity index (χ0) is 13.0. The molecule has 0 aromatic carbocycles. The van der Waals surface area contributed by atoms with E-state index in [9.17, 15) is 8.42 Å². The predicted octanol–water partition coefficient (Wildman–Crippen LogP) is 1.32. The van der Waals surface area contributed by atoms with Crippen molar-refractivity contribution in [2.45, 2.75) is 5.03 Å². The van der Waals surface area contributed by atoms with Gasteiger partial charge < -0.3 is 5.32 Å². The van der Waals surface area contributed by atoms with Gasteiger partial charge in [-0.15, -0.1) is 0 Å². The highest BCUT2D eigenvalue weighted by atomic mass is 32.2. The Kier molecular flexibility index (Phi) is 3.42. The first-order valence-corrected chi connectivity index (χ1v) is 6.67. The monoisotopic (exact) mass is 264 g/mol. The number of hydrogen-bond donors (Lipinski definition) is 2. The van der Waals surface area contributed by atoms with Gasteiger partial charge in [-0.25, -0.2) is 4.98 Å². The van der Waals surface area contributed by atoms with Gasteiger partial charge in [0.05, 0.1) is 11.4 Å². The summed E-state index contributed by atoms with van der Waals surface area (Å²) in [6.45, 7) is 0. The van der Waals surface area contributed by atoms with Crippen molar-refractivity contribution in [2.24, 2.45) is 0 Å². The van der Waals surface area contributed by atoms with Gasteiger partial charge in [-0.3, -0.25) is 9.71 Å². The molecule has 2 aromatic heterocycles. The summed E-state index contributed by atoms with van der Waals surface area (Å²) in [5, 5.41) is 2.76. The van der Waals surface area contributed by atoms with E-state index in [0.717, 1.165) is 0 Å². The van der Waals surface area contributed by atoms with Crippen molar-refractivity contribution >= 4 is 21.4 Å². The summed E-state index contributed by atoms with van der Waals surface area (Å²) < 4.78 is 26.7. The van der Waals surface area contributed by atoms with Crippen LogP contribution in [0.3, 0.4) is 0 Å². The van der Waals surface area contributed by atoms with E-state index in [-0.39, 0.29) is 5.03 Å². The molecule has 94 valence electrons. The molecular formula is C11H12N4O2S. The summed E-state index contributed by atoms with van der Waals surface area (Å²) >= 11 is 0. The summed E-state index contributed by atoms with van der Waals surface area (Å²) in [5.74, 6) is 0. The highest BCUT2D eigenvalue weighted by Gasteiger charge is 2.19. The zero-order valence-electron chi connectivity index (χ0n) is 9.66. The Balaban J connectivity index is 2.37. The molecular weight excluding hydrogens is 252 g/mol. The van der Waals surface area contributed by atoms with Crippen molar-refractivity contribution in [3.05, 3.63) is 42.9 Å². The van der Waals surface area contributed by atoms with Crippen LogP contribution in [0.15, 0.2) is 47.9 Å². The molecule has 0 atom stereocenters. The van der Waals surface area contributed by atoms with Gasteiger partial charge >= 0.3 is 0 Å². The van der Waals surface area contributed by atoms with E-state index < -0.39 is 10.0 Å². The SMILES string of the molecule is CNc1cccnc1S(=O)(=O)Nc1ccncc1. The second-order valence-electron chi connectivity index (χ2n) is 3.45. The minimum Gasteiger partial charge on any atom is -0.386 e. The highest BCUT2D eigenvalue weighted by molar-refractivity contribution is 7.92. The van der Waals surface area contributed by atoms with Crippen LogP contribution in [0.2, 0.25) is 0 Å². The molecule has 0 radical (unpaired) electrons. The second-order valence-corrected chi connectivity index (χ2v) is 5.05. The Morgan fingerprint density at radius 3 is 2.50 bits per heavy atom. The fourth-order valence-electron chi connectivity index (χ4n) is 1.42. The predicted molar refractivity (Wildman–Crippen MR) is 68.8 cm³/mol. The van der Waals surface area contributed by atoms with Crippen LogP contribution >= 0.6 is 0 Å². The summed E-state index contributed by atoms with van der Waals surface area (Å²) in [6.07, 6.45) is 4.45. The number of hydrogen-bond acceptors (Lipinski definition) is 5. The molecule has 2 aromatic rings. The van der Waals surface area contributed by atoms with E-state index in [0.29, 0.717) is 11.4 Å². The standard InChI is InChI=1S/C11H12N4O2S/c1-12-10-3-2-6-14-11(10)18(16,17)15-9-4-7-13-8-5-9/h2-8,12H,1H3,(H,13,15). The van der Waals surface area contributed by atoms with Crippen LogP contribution in [0, 0.1) is 0 Å². The quantitative estimate of drug-likeness (QED) is 0.870. The van der Waals surface area contributed by atoms with E-state index in [2.05, 4.69) is 20.0 Å². The summed E-state index contributed by atoms with van der Waals surface area (Å²) in [5.41, 5.74) is 0.886. The van der Waals surface area contributed by atoms with Crippen molar-refractivity contribution in [3.63, 3.8) is 0 Å². The van der Waals surface area contributed by atoms with Crippen LogP contribution in [0.5, 0.6) is 0 Å². The van der Waals surface area contributed by atoms with E-state index in [1.54, 1.807) is 31.3 Å². The number of nitrogens with one attached hydrogen (secondary N) is 2. The highest BCUT2D eigenvalue weighted by Crippen LogP contribution is 2.20. The lowest BCUT2D eigenvalue weighted by atomic mass is 10.4. The van der Waals surface area contributed by atoms with Gasteiger partial charge in [-0.1, -0.05) is 0 Å². The molecule has 0 saturated carbocycles. The molecule has 0 aliphatic heterocycles. The molecule has 0 unspecified atom stereocenters. The molecule has 2 heterocycles. The molecule has 2 N–H and O–H groups in total. The minimum absolute atomic E-state index is 0.0377. The lowest BCUT2D eigenvalue weighted by Gasteiger charge is -2.10. The van der Waals surface area contributed by atoms with E-state index in [1.807, 2.05) is 0 Å². The number of aromatic nitrogens is 2. The Labute approximate surface area is 105 Å². The van der Waals surface area contributed by atoms with Crippen molar-refractivity contribution in [1.82, 2.24) is 9.97 Å². The first-order chi connectivity index (χ1) is 8.63. The van der Waals surface area contributed by atoms with E-state index in [4.69, 9.17) is 0 Å². The number of sulfonamides is 1. The fourth-order valence-corrected chi connectivity index (χ4v) is 2.62. The van der Waals surface area contributed by atoms with Gasteiger partial charge in [0.25, 0.3) is 10.0 Å². The normalized spacial score (nSPS) is 10.9. The van der Waals surface area contributed by atoms with E-state index >= 15 is 0 Å². The molecule has 0 fully saturated rings. The maximum atomic E-state index is 12.1. The molecule has 7 heteroatoms. The van der Waals surface area contributed by atoms with Gasteiger partial charge in [-0.2, -0.15) is 8.42 Å². The zero-order valence-corrected chi connectivity index (χ0v) is 10.5. The van der Waals surface area contributed by atoms with Crippen LogP contribution in [-0.4, -0.2) is 25.4 Å². The summed E-state index contributed by atoms with van der Waals surface area (Å²) in [6, 6.07) is 6.45. The van der Waals surface area contributed by atoms with Crippen LogP contribution in [0.1, 0.15) is 0 Å². The number of anilines is 2.